The molecule has 3 heteroatoms. The lowest BCUT2D eigenvalue weighted by Gasteiger charge is -2.57. The Bertz CT molecular complexity index is 613. The summed E-state index contributed by atoms with van der Waals surface area (Å²) in [5, 5.41) is 0. The van der Waals surface area contributed by atoms with E-state index in [1.807, 2.05) is 13.0 Å². The van der Waals surface area contributed by atoms with Crippen LogP contribution in [0, 0.1) is 22.7 Å². The van der Waals surface area contributed by atoms with Crippen LogP contribution in [0.4, 0.5) is 0 Å². The Hall–Kier alpha value is -1.35. The zero-order chi connectivity index (χ0) is 18.2. The first-order chi connectivity index (χ1) is 11.8. The van der Waals surface area contributed by atoms with Crippen molar-refractivity contribution in [2.24, 2.45) is 22.7 Å². The summed E-state index contributed by atoms with van der Waals surface area (Å²) in [5.41, 5.74) is 2.52. The molecule has 1 aliphatic heterocycles. The van der Waals surface area contributed by atoms with E-state index in [0.29, 0.717) is 29.4 Å². The van der Waals surface area contributed by atoms with E-state index in [1.165, 1.54) is 31.3 Å². The highest BCUT2D eigenvalue weighted by atomic mass is 16.7. The van der Waals surface area contributed by atoms with Gasteiger partial charge in [-0.2, -0.15) is 0 Å². The molecule has 0 aromatic heterocycles. The minimum atomic E-state index is -0.538. The number of hydrogen-bond acceptors (Lipinski definition) is 3. The first kappa shape index (κ1) is 18.4. The molecule has 3 aliphatic rings. The van der Waals surface area contributed by atoms with Crippen molar-refractivity contribution in [1.29, 1.82) is 0 Å². The van der Waals surface area contributed by atoms with Gasteiger partial charge in [0.1, 0.15) is 0 Å². The maximum absolute atomic E-state index is 12.0. The monoisotopic (exact) mass is 344 g/mol. The number of esters is 1. The third-order valence-corrected chi connectivity index (χ3v) is 6.75. The number of rotatable bonds is 4. The largest absolute Gasteiger partial charge is 0.428 e. The number of carbonyl (C=O) groups excluding carboxylic acids is 1. The fraction of sp³-hybridized carbons (Fsp3) is 0.682. The lowest BCUT2D eigenvalue weighted by molar-refractivity contribution is -0.157. The van der Waals surface area contributed by atoms with Gasteiger partial charge in [-0.15, -0.1) is 0 Å². The Morgan fingerprint density at radius 2 is 2.12 bits per heavy atom. The van der Waals surface area contributed by atoms with E-state index in [1.54, 1.807) is 6.08 Å². The maximum Gasteiger partial charge on any atom is 0.340 e. The van der Waals surface area contributed by atoms with E-state index in [2.05, 4.69) is 33.4 Å². The van der Waals surface area contributed by atoms with Gasteiger partial charge >= 0.3 is 5.97 Å². The van der Waals surface area contributed by atoms with E-state index in [9.17, 15) is 4.79 Å². The van der Waals surface area contributed by atoms with Crippen LogP contribution in [-0.2, 0) is 14.3 Å². The number of fused-ring (bicyclic) bond motifs is 1. The third-order valence-electron chi connectivity index (χ3n) is 6.75. The van der Waals surface area contributed by atoms with Gasteiger partial charge in [-0.05, 0) is 55.4 Å². The minimum absolute atomic E-state index is 0.232. The molecule has 0 radical (unpaired) electrons. The van der Waals surface area contributed by atoms with E-state index < -0.39 is 6.29 Å². The number of allylic oxidation sites excluding steroid dienone is 2. The minimum Gasteiger partial charge on any atom is -0.428 e. The van der Waals surface area contributed by atoms with Crippen molar-refractivity contribution >= 4 is 5.97 Å². The molecule has 138 valence electrons. The molecule has 2 saturated carbocycles. The standard InChI is InChI=1S/C22H32O3/c1-6-24-19-14-16(20(23)25-19)9-10-17-15(2)8-11-18-21(3,4)12-7-13-22(17,18)5/h9-10,14,17-19H,2,6-8,11-13H2,1,3-5H3/b10-9+/t17-,18-,19-,22+/m0/s1. The fourth-order valence-electron chi connectivity index (χ4n) is 5.56. The van der Waals surface area contributed by atoms with Gasteiger partial charge in [-0.25, -0.2) is 4.79 Å². The predicted molar refractivity (Wildman–Crippen MR) is 99.8 cm³/mol. The van der Waals surface area contributed by atoms with Crippen molar-refractivity contribution < 1.29 is 14.3 Å². The van der Waals surface area contributed by atoms with E-state index in [4.69, 9.17) is 9.47 Å². The average Bonchev–Trinajstić information content (AvgIpc) is 2.86. The van der Waals surface area contributed by atoms with Gasteiger partial charge in [0.05, 0.1) is 5.57 Å². The molecule has 0 aromatic carbocycles. The fourth-order valence-corrected chi connectivity index (χ4v) is 5.56. The zero-order valence-electron chi connectivity index (χ0n) is 16.1. The highest BCUT2D eigenvalue weighted by Gasteiger charge is 2.52. The molecule has 0 amide bonds. The van der Waals surface area contributed by atoms with Crippen LogP contribution in [0.1, 0.15) is 59.8 Å². The van der Waals surface area contributed by atoms with Crippen LogP contribution in [0.3, 0.4) is 0 Å². The van der Waals surface area contributed by atoms with Crippen LogP contribution in [0.15, 0.2) is 36.0 Å². The molecular weight excluding hydrogens is 312 g/mol. The molecule has 0 spiro atoms. The Balaban J connectivity index is 1.84. The molecule has 0 N–H and O–H groups in total. The predicted octanol–water partition coefficient (Wildman–Crippen LogP) is 5.19. The number of ether oxygens (including phenoxy) is 2. The summed E-state index contributed by atoms with van der Waals surface area (Å²) in [6, 6.07) is 0. The lowest BCUT2D eigenvalue weighted by Crippen LogP contribution is -2.48. The molecule has 0 bridgehead atoms. The lowest BCUT2D eigenvalue weighted by atomic mass is 9.47. The van der Waals surface area contributed by atoms with Crippen molar-refractivity contribution in [2.75, 3.05) is 6.61 Å². The Morgan fingerprint density at radius 1 is 1.36 bits per heavy atom. The third kappa shape index (κ3) is 3.36. The molecule has 2 fully saturated rings. The van der Waals surface area contributed by atoms with Crippen LogP contribution in [0.25, 0.3) is 0 Å². The molecule has 1 heterocycles. The van der Waals surface area contributed by atoms with Gasteiger partial charge in [-0.1, -0.05) is 51.5 Å². The molecule has 0 unspecified atom stereocenters. The molecule has 25 heavy (non-hydrogen) atoms. The zero-order valence-corrected chi connectivity index (χ0v) is 16.1. The van der Waals surface area contributed by atoms with Gasteiger partial charge in [0.15, 0.2) is 0 Å². The van der Waals surface area contributed by atoms with Crippen molar-refractivity contribution in [3.05, 3.63) is 36.0 Å². The van der Waals surface area contributed by atoms with Gasteiger partial charge in [-0.3, -0.25) is 0 Å². The normalized spacial score (nSPS) is 37.8. The van der Waals surface area contributed by atoms with Gasteiger partial charge in [0.2, 0.25) is 6.29 Å². The second kappa shape index (κ2) is 6.75. The van der Waals surface area contributed by atoms with E-state index >= 15 is 0 Å². The topological polar surface area (TPSA) is 35.5 Å². The summed E-state index contributed by atoms with van der Waals surface area (Å²) in [4.78, 5) is 12.0. The van der Waals surface area contributed by atoms with Gasteiger partial charge < -0.3 is 9.47 Å². The Kier molecular flexibility index (Phi) is 4.98. The molecule has 0 saturated heterocycles. The molecule has 3 rings (SSSR count). The van der Waals surface area contributed by atoms with Crippen LogP contribution >= 0.6 is 0 Å². The number of cyclic esters (lactones) is 1. The summed E-state index contributed by atoms with van der Waals surface area (Å²) >= 11 is 0. The molecule has 2 aliphatic carbocycles. The summed E-state index contributed by atoms with van der Waals surface area (Å²) in [6.45, 7) is 14.1. The quantitative estimate of drug-likeness (QED) is 0.520. The first-order valence-electron chi connectivity index (χ1n) is 9.68. The summed E-state index contributed by atoms with van der Waals surface area (Å²) < 4.78 is 10.6. The van der Waals surface area contributed by atoms with Crippen molar-refractivity contribution in [3.63, 3.8) is 0 Å². The highest BCUT2D eigenvalue weighted by molar-refractivity contribution is 5.93. The van der Waals surface area contributed by atoms with Crippen LogP contribution < -0.4 is 0 Å². The van der Waals surface area contributed by atoms with Crippen LogP contribution in [-0.4, -0.2) is 18.9 Å². The average molecular weight is 344 g/mol. The SMILES string of the molecule is C=C1CC[C@H]2C(C)(C)CCC[C@]2(C)[C@H]1/C=C/C1=C[C@@H](OCC)OC1=O. The molecule has 3 nitrogen and oxygen atoms in total. The molecule has 0 aromatic rings. The van der Waals surface area contributed by atoms with Gasteiger partial charge in [0, 0.05) is 12.5 Å². The highest BCUT2D eigenvalue weighted by Crippen LogP contribution is 2.61. The number of carbonyl (C=O) groups is 1. The van der Waals surface area contributed by atoms with Crippen LogP contribution in [0.2, 0.25) is 0 Å². The first-order valence-corrected chi connectivity index (χ1v) is 9.68. The van der Waals surface area contributed by atoms with Crippen molar-refractivity contribution in [3.8, 4) is 0 Å². The molecular formula is C22H32O3. The second-order valence-electron chi connectivity index (χ2n) is 8.79. The second-order valence-corrected chi connectivity index (χ2v) is 8.79. The smallest absolute Gasteiger partial charge is 0.340 e. The van der Waals surface area contributed by atoms with E-state index in [-0.39, 0.29) is 11.4 Å². The van der Waals surface area contributed by atoms with Crippen LogP contribution in [0.5, 0.6) is 0 Å². The Morgan fingerprint density at radius 3 is 2.84 bits per heavy atom. The van der Waals surface area contributed by atoms with Gasteiger partial charge in [0.25, 0.3) is 0 Å². The summed E-state index contributed by atoms with van der Waals surface area (Å²) in [5.74, 6) is 0.738. The summed E-state index contributed by atoms with van der Waals surface area (Å²) in [6.07, 6.45) is 11.5. The molecule has 4 atom stereocenters. The number of hydrogen-bond donors (Lipinski definition) is 0. The van der Waals surface area contributed by atoms with Crippen molar-refractivity contribution in [2.45, 2.75) is 66.1 Å². The van der Waals surface area contributed by atoms with Crippen molar-refractivity contribution in [1.82, 2.24) is 0 Å². The Labute approximate surface area is 152 Å². The maximum atomic E-state index is 12.0. The van der Waals surface area contributed by atoms with E-state index in [0.717, 1.165) is 6.42 Å². The summed E-state index contributed by atoms with van der Waals surface area (Å²) in [7, 11) is 0.